The molecule has 0 heterocycles. The molecule has 0 saturated heterocycles. The summed E-state index contributed by atoms with van der Waals surface area (Å²) < 4.78 is 18.1. The van der Waals surface area contributed by atoms with Gasteiger partial charge in [0.2, 0.25) is 0 Å². The Morgan fingerprint density at radius 2 is 1.50 bits per heavy atom. The summed E-state index contributed by atoms with van der Waals surface area (Å²) in [6.45, 7) is 2.01. The third kappa shape index (κ3) is 3.06. The minimum Gasteiger partial charge on any atom is -0.426 e. The number of carbonyl (C=O) groups excluding carboxylic acids is 2. The van der Waals surface area contributed by atoms with Crippen LogP contribution in [0.2, 0.25) is 0 Å². The summed E-state index contributed by atoms with van der Waals surface area (Å²) in [7, 11) is 0. The van der Waals surface area contributed by atoms with Crippen LogP contribution in [0.1, 0.15) is 29.3 Å². The quantitative estimate of drug-likeness (QED) is 0.492. The highest BCUT2D eigenvalue weighted by Crippen LogP contribution is 2.38. The molecule has 2 aromatic carbocycles. The number of ether oxygens (including phenoxy) is 1. The number of carbonyl (C=O) groups is 2. The molecule has 0 spiro atoms. The van der Waals surface area contributed by atoms with Crippen molar-refractivity contribution in [2.75, 3.05) is 0 Å². The molecule has 1 fully saturated rings. The van der Waals surface area contributed by atoms with E-state index in [9.17, 15) is 14.0 Å². The molecule has 0 unspecified atom stereocenters. The molecular formula is C18H15FO3. The SMILES string of the molecule is C[C@@H]1C[C@H]1C(=O)Oc1ccc(C(=O)c2ccc(F)cc2)cc1. The molecule has 2 atom stereocenters. The maximum absolute atomic E-state index is 12.9. The Bertz CT molecular complexity index is 704. The number of rotatable bonds is 4. The second-order valence-corrected chi connectivity index (χ2v) is 5.60. The third-order valence-electron chi connectivity index (χ3n) is 3.85. The molecule has 1 aliphatic carbocycles. The minimum atomic E-state index is -0.381. The van der Waals surface area contributed by atoms with Gasteiger partial charge in [-0.2, -0.15) is 0 Å². The first-order chi connectivity index (χ1) is 10.5. The van der Waals surface area contributed by atoms with Gasteiger partial charge in [0.25, 0.3) is 0 Å². The van der Waals surface area contributed by atoms with Gasteiger partial charge in [0.05, 0.1) is 5.92 Å². The van der Waals surface area contributed by atoms with E-state index in [1.807, 2.05) is 6.92 Å². The van der Waals surface area contributed by atoms with Crippen LogP contribution in [-0.2, 0) is 4.79 Å². The fraction of sp³-hybridized carbons (Fsp3) is 0.222. The molecule has 2 aromatic rings. The van der Waals surface area contributed by atoms with Crippen LogP contribution in [0.25, 0.3) is 0 Å². The topological polar surface area (TPSA) is 43.4 Å². The number of ketones is 1. The Balaban J connectivity index is 1.69. The fourth-order valence-electron chi connectivity index (χ4n) is 2.28. The molecule has 4 heteroatoms. The Morgan fingerprint density at radius 1 is 1.00 bits per heavy atom. The summed E-state index contributed by atoms with van der Waals surface area (Å²) in [5.74, 6) is 0.0269. The van der Waals surface area contributed by atoms with Crippen LogP contribution in [0.4, 0.5) is 4.39 Å². The molecule has 0 bridgehead atoms. The van der Waals surface area contributed by atoms with Gasteiger partial charge < -0.3 is 4.74 Å². The van der Waals surface area contributed by atoms with Crippen LogP contribution < -0.4 is 4.74 Å². The Labute approximate surface area is 127 Å². The lowest BCUT2D eigenvalue weighted by Gasteiger charge is -2.05. The smallest absolute Gasteiger partial charge is 0.314 e. The molecule has 3 rings (SSSR count). The zero-order chi connectivity index (χ0) is 15.7. The number of halogens is 1. The standard InChI is InChI=1S/C18H15FO3/c1-11-10-16(11)18(21)22-15-8-4-13(5-9-15)17(20)12-2-6-14(19)7-3-12/h2-9,11,16H,10H2,1H3/t11-,16-/m1/s1. The number of hydrogen-bond acceptors (Lipinski definition) is 3. The molecular weight excluding hydrogens is 283 g/mol. The molecule has 3 nitrogen and oxygen atoms in total. The summed E-state index contributed by atoms with van der Waals surface area (Å²) in [5.41, 5.74) is 0.879. The predicted octanol–water partition coefficient (Wildman–Crippen LogP) is 3.62. The lowest BCUT2D eigenvalue weighted by molar-refractivity contribution is -0.136. The lowest BCUT2D eigenvalue weighted by Crippen LogP contribution is -2.11. The van der Waals surface area contributed by atoms with Crippen LogP contribution in [0, 0.1) is 17.7 Å². The summed E-state index contributed by atoms with van der Waals surface area (Å²) >= 11 is 0. The average molecular weight is 298 g/mol. The largest absolute Gasteiger partial charge is 0.426 e. The van der Waals surface area contributed by atoms with Crippen molar-refractivity contribution in [2.45, 2.75) is 13.3 Å². The van der Waals surface area contributed by atoms with Crippen LogP contribution in [0.3, 0.4) is 0 Å². The molecule has 0 aliphatic heterocycles. The highest BCUT2D eigenvalue weighted by Gasteiger charge is 2.40. The van der Waals surface area contributed by atoms with Gasteiger partial charge in [-0.25, -0.2) is 4.39 Å². The van der Waals surface area contributed by atoms with Gasteiger partial charge in [0.15, 0.2) is 5.78 Å². The number of benzene rings is 2. The molecule has 22 heavy (non-hydrogen) atoms. The second-order valence-electron chi connectivity index (χ2n) is 5.60. The van der Waals surface area contributed by atoms with E-state index in [4.69, 9.17) is 4.74 Å². The second kappa shape index (κ2) is 5.72. The van der Waals surface area contributed by atoms with E-state index in [1.54, 1.807) is 24.3 Å². The maximum atomic E-state index is 12.9. The molecule has 0 amide bonds. The van der Waals surface area contributed by atoms with Crippen LogP contribution in [0.15, 0.2) is 48.5 Å². The van der Waals surface area contributed by atoms with Crippen molar-refractivity contribution < 1.29 is 18.7 Å². The molecule has 0 N–H and O–H groups in total. The highest BCUT2D eigenvalue weighted by atomic mass is 19.1. The van der Waals surface area contributed by atoms with Gasteiger partial charge in [-0.05, 0) is 60.9 Å². The van der Waals surface area contributed by atoms with Crippen molar-refractivity contribution in [3.8, 4) is 5.75 Å². The van der Waals surface area contributed by atoms with E-state index in [0.717, 1.165) is 6.42 Å². The first kappa shape index (κ1) is 14.4. The van der Waals surface area contributed by atoms with Crippen molar-refractivity contribution in [1.82, 2.24) is 0 Å². The number of hydrogen-bond donors (Lipinski definition) is 0. The van der Waals surface area contributed by atoms with E-state index in [-0.39, 0.29) is 23.5 Å². The predicted molar refractivity (Wildman–Crippen MR) is 79.2 cm³/mol. The summed E-state index contributed by atoms with van der Waals surface area (Å²) in [6, 6.07) is 11.8. The van der Waals surface area contributed by atoms with Crippen molar-refractivity contribution in [3.63, 3.8) is 0 Å². The number of esters is 1. The van der Waals surface area contributed by atoms with Crippen molar-refractivity contribution in [3.05, 3.63) is 65.5 Å². The highest BCUT2D eigenvalue weighted by molar-refractivity contribution is 6.09. The average Bonchev–Trinajstić information content (AvgIpc) is 3.25. The van der Waals surface area contributed by atoms with E-state index in [0.29, 0.717) is 22.8 Å². The van der Waals surface area contributed by atoms with Gasteiger partial charge >= 0.3 is 5.97 Å². The lowest BCUT2D eigenvalue weighted by atomic mass is 10.0. The van der Waals surface area contributed by atoms with E-state index in [2.05, 4.69) is 0 Å². The third-order valence-corrected chi connectivity index (χ3v) is 3.85. The summed E-state index contributed by atoms with van der Waals surface area (Å²) in [6.07, 6.45) is 0.875. The fourth-order valence-corrected chi connectivity index (χ4v) is 2.28. The van der Waals surface area contributed by atoms with Gasteiger partial charge in [-0.1, -0.05) is 6.92 Å². The van der Waals surface area contributed by atoms with E-state index in [1.165, 1.54) is 24.3 Å². The molecule has 112 valence electrons. The van der Waals surface area contributed by atoms with Gasteiger partial charge in [-0.3, -0.25) is 9.59 Å². The summed E-state index contributed by atoms with van der Waals surface area (Å²) in [4.78, 5) is 24.0. The van der Waals surface area contributed by atoms with Crippen molar-refractivity contribution in [2.24, 2.45) is 11.8 Å². The molecule has 1 aliphatic rings. The van der Waals surface area contributed by atoms with Crippen molar-refractivity contribution in [1.29, 1.82) is 0 Å². The first-order valence-corrected chi connectivity index (χ1v) is 7.16. The maximum Gasteiger partial charge on any atom is 0.314 e. The van der Waals surface area contributed by atoms with Gasteiger partial charge in [0.1, 0.15) is 11.6 Å². The zero-order valence-electron chi connectivity index (χ0n) is 12.1. The monoisotopic (exact) mass is 298 g/mol. The van der Waals surface area contributed by atoms with Crippen LogP contribution in [-0.4, -0.2) is 11.8 Å². The molecule has 0 aromatic heterocycles. The van der Waals surface area contributed by atoms with E-state index >= 15 is 0 Å². The minimum absolute atomic E-state index is 0.000485. The zero-order valence-corrected chi connectivity index (χ0v) is 12.1. The molecule has 0 radical (unpaired) electrons. The Hall–Kier alpha value is -2.49. The Kier molecular flexibility index (Phi) is 3.75. The molecule has 1 saturated carbocycles. The normalized spacial score (nSPS) is 19.5. The Morgan fingerprint density at radius 3 is 2.00 bits per heavy atom. The van der Waals surface area contributed by atoms with Gasteiger partial charge in [-0.15, -0.1) is 0 Å². The first-order valence-electron chi connectivity index (χ1n) is 7.16. The van der Waals surface area contributed by atoms with Crippen molar-refractivity contribution >= 4 is 11.8 Å². The van der Waals surface area contributed by atoms with Crippen LogP contribution in [0.5, 0.6) is 5.75 Å². The van der Waals surface area contributed by atoms with E-state index < -0.39 is 0 Å². The summed E-state index contributed by atoms with van der Waals surface area (Å²) in [5, 5.41) is 0. The van der Waals surface area contributed by atoms with Gasteiger partial charge in [0, 0.05) is 11.1 Å². The van der Waals surface area contributed by atoms with Crippen LogP contribution >= 0.6 is 0 Å².